The van der Waals surface area contributed by atoms with Crippen LogP contribution in [-0.4, -0.2) is 86.6 Å². The van der Waals surface area contributed by atoms with Crippen molar-refractivity contribution in [2.75, 3.05) is 66.0 Å². The SMILES string of the molecule is CCNC(=NCCCN1CCCN(C)CC1)N1CCCC(C)C1. The van der Waals surface area contributed by atoms with Crippen molar-refractivity contribution in [1.82, 2.24) is 20.0 Å². The average molecular weight is 324 g/mol. The molecule has 0 aromatic carbocycles. The van der Waals surface area contributed by atoms with Crippen LogP contribution >= 0.6 is 0 Å². The Balaban J connectivity index is 1.74. The highest BCUT2D eigenvalue weighted by Crippen LogP contribution is 2.15. The van der Waals surface area contributed by atoms with Gasteiger partial charge in [0.05, 0.1) is 0 Å². The molecule has 2 aliphatic heterocycles. The van der Waals surface area contributed by atoms with Crippen molar-refractivity contribution in [3.05, 3.63) is 0 Å². The topological polar surface area (TPSA) is 34.1 Å². The predicted molar refractivity (Wildman–Crippen MR) is 99.1 cm³/mol. The maximum atomic E-state index is 4.89. The molecule has 23 heavy (non-hydrogen) atoms. The van der Waals surface area contributed by atoms with Gasteiger partial charge in [-0.15, -0.1) is 0 Å². The third-order valence-corrected chi connectivity index (χ3v) is 5.00. The van der Waals surface area contributed by atoms with Gasteiger partial charge in [0, 0.05) is 39.3 Å². The molecule has 134 valence electrons. The molecule has 0 radical (unpaired) electrons. The van der Waals surface area contributed by atoms with Gasteiger partial charge in [0.25, 0.3) is 0 Å². The molecule has 0 aromatic rings. The van der Waals surface area contributed by atoms with Crippen molar-refractivity contribution in [3.8, 4) is 0 Å². The van der Waals surface area contributed by atoms with E-state index < -0.39 is 0 Å². The van der Waals surface area contributed by atoms with Gasteiger partial charge in [0.15, 0.2) is 5.96 Å². The predicted octanol–water partition coefficient (Wildman–Crippen LogP) is 1.71. The number of hydrogen-bond donors (Lipinski definition) is 1. The molecule has 0 amide bonds. The van der Waals surface area contributed by atoms with E-state index in [4.69, 9.17) is 4.99 Å². The Bertz CT molecular complexity index is 357. The Kier molecular flexibility index (Phi) is 8.17. The quantitative estimate of drug-likeness (QED) is 0.474. The lowest BCUT2D eigenvalue weighted by Crippen LogP contribution is -2.46. The van der Waals surface area contributed by atoms with E-state index >= 15 is 0 Å². The summed E-state index contributed by atoms with van der Waals surface area (Å²) in [6.07, 6.45) is 5.13. The Morgan fingerprint density at radius 3 is 2.78 bits per heavy atom. The van der Waals surface area contributed by atoms with Gasteiger partial charge in [-0.05, 0) is 65.2 Å². The first kappa shape index (κ1) is 18.5. The van der Waals surface area contributed by atoms with Crippen LogP contribution in [0.2, 0.25) is 0 Å². The minimum atomic E-state index is 0.793. The fourth-order valence-electron chi connectivity index (χ4n) is 3.61. The van der Waals surface area contributed by atoms with Crippen molar-refractivity contribution < 1.29 is 0 Å². The summed E-state index contributed by atoms with van der Waals surface area (Å²) in [6.45, 7) is 14.8. The normalized spacial score (nSPS) is 25.4. The molecular weight excluding hydrogens is 286 g/mol. The van der Waals surface area contributed by atoms with Gasteiger partial charge in [0.2, 0.25) is 0 Å². The molecule has 5 heteroatoms. The Morgan fingerprint density at radius 1 is 1.13 bits per heavy atom. The maximum absolute atomic E-state index is 4.89. The highest BCUT2D eigenvalue weighted by Gasteiger charge is 2.19. The van der Waals surface area contributed by atoms with E-state index in [1.807, 2.05) is 0 Å². The third-order valence-electron chi connectivity index (χ3n) is 5.00. The maximum Gasteiger partial charge on any atom is 0.193 e. The largest absolute Gasteiger partial charge is 0.357 e. The Morgan fingerprint density at radius 2 is 2.00 bits per heavy atom. The van der Waals surface area contributed by atoms with Gasteiger partial charge in [-0.2, -0.15) is 0 Å². The van der Waals surface area contributed by atoms with E-state index in [0.29, 0.717) is 0 Å². The Hall–Kier alpha value is -0.810. The number of rotatable bonds is 5. The standard InChI is InChI=1S/C18H37N5/c1-4-19-18(23-13-5-8-17(2)16-23)20-9-6-11-22-12-7-10-21(3)14-15-22/h17H,4-16H2,1-3H3,(H,19,20). The van der Waals surface area contributed by atoms with E-state index in [9.17, 15) is 0 Å². The first-order valence-corrected chi connectivity index (χ1v) is 9.63. The van der Waals surface area contributed by atoms with Crippen LogP contribution < -0.4 is 5.32 Å². The summed E-state index contributed by atoms with van der Waals surface area (Å²) in [5, 5.41) is 3.48. The van der Waals surface area contributed by atoms with Gasteiger partial charge in [0.1, 0.15) is 0 Å². The van der Waals surface area contributed by atoms with Crippen LogP contribution in [0.3, 0.4) is 0 Å². The zero-order chi connectivity index (χ0) is 16.5. The lowest BCUT2D eigenvalue weighted by Gasteiger charge is -2.33. The molecular formula is C18H37N5. The van der Waals surface area contributed by atoms with Crippen molar-refractivity contribution in [1.29, 1.82) is 0 Å². The molecule has 0 spiro atoms. The first-order chi connectivity index (χ1) is 11.2. The van der Waals surface area contributed by atoms with E-state index in [1.54, 1.807) is 0 Å². The summed E-state index contributed by atoms with van der Waals surface area (Å²) in [6, 6.07) is 0. The highest BCUT2D eigenvalue weighted by atomic mass is 15.3. The summed E-state index contributed by atoms with van der Waals surface area (Å²) < 4.78 is 0. The first-order valence-electron chi connectivity index (χ1n) is 9.63. The molecule has 0 saturated carbocycles. The number of aliphatic imine (C=N–C) groups is 1. The lowest BCUT2D eigenvalue weighted by atomic mass is 10.0. The van der Waals surface area contributed by atoms with E-state index in [1.165, 1.54) is 58.4 Å². The summed E-state index contributed by atoms with van der Waals surface area (Å²) in [4.78, 5) is 12.4. The molecule has 0 aliphatic carbocycles. The summed E-state index contributed by atoms with van der Waals surface area (Å²) >= 11 is 0. The zero-order valence-corrected chi connectivity index (χ0v) is 15.6. The van der Waals surface area contributed by atoms with Crippen LogP contribution in [0.25, 0.3) is 0 Å². The molecule has 1 unspecified atom stereocenters. The second-order valence-electron chi connectivity index (χ2n) is 7.28. The molecule has 1 N–H and O–H groups in total. The van der Waals surface area contributed by atoms with Gasteiger partial charge in [-0.1, -0.05) is 6.92 Å². The molecule has 0 aromatic heterocycles. The smallest absolute Gasteiger partial charge is 0.193 e. The lowest BCUT2D eigenvalue weighted by molar-refractivity contribution is 0.264. The molecule has 2 aliphatic rings. The molecule has 2 heterocycles. The van der Waals surface area contributed by atoms with E-state index in [-0.39, 0.29) is 0 Å². The molecule has 2 rings (SSSR count). The summed E-state index contributed by atoms with van der Waals surface area (Å²) in [5.74, 6) is 1.93. The van der Waals surface area contributed by atoms with Crippen molar-refractivity contribution in [2.45, 2.75) is 39.5 Å². The summed E-state index contributed by atoms with van der Waals surface area (Å²) in [7, 11) is 2.23. The fourth-order valence-corrected chi connectivity index (χ4v) is 3.61. The number of piperidine rings is 1. The average Bonchev–Trinajstić information content (AvgIpc) is 2.75. The van der Waals surface area contributed by atoms with Crippen molar-refractivity contribution in [2.24, 2.45) is 10.9 Å². The van der Waals surface area contributed by atoms with Crippen LogP contribution in [-0.2, 0) is 0 Å². The molecule has 1 atom stereocenters. The third kappa shape index (κ3) is 6.68. The van der Waals surface area contributed by atoms with Crippen LogP contribution in [0, 0.1) is 5.92 Å². The number of nitrogens with zero attached hydrogens (tertiary/aromatic N) is 4. The van der Waals surface area contributed by atoms with Gasteiger partial charge >= 0.3 is 0 Å². The van der Waals surface area contributed by atoms with Crippen LogP contribution in [0.1, 0.15) is 39.5 Å². The van der Waals surface area contributed by atoms with Crippen molar-refractivity contribution in [3.63, 3.8) is 0 Å². The monoisotopic (exact) mass is 323 g/mol. The van der Waals surface area contributed by atoms with Crippen LogP contribution in [0.15, 0.2) is 4.99 Å². The van der Waals surface area contributed by atoms with Gasteiger partial charge in [-0.25, -0.2) is 0 Å². The number of likely N-dealkylation sites (tertiary alicyclic amines) is 1. The second kappa shape index (κ2) is 10.1. The summed E-state index contributed by atoms with van der Waals surface area (Å²) in [5.41, 5.74) is 0. The molecule has 2 fully saturated rings. The highest BCUT2D eigenvalue weighted by molar-refractivity contribution is 5.80. The van der Waals surface area contributed by atoms with Gasteiger partial charge < -0.3 is 20.0 Å². The Labute approximate surface area is 143 Å². The van der Waals surface area contributed by atoms with E-state index in [0.717, 1.165) is 38.1 Å². The molecule has 2 saturated heterocycles. The van der Waals surface area contributed by atoms with E-state index in [2.05, 4.69) is 40.9 Å². The fraction of sp³-hybridized carbons (Fsp3) is 0.944. The number of guanidine groups is 1. The number of likely N-dealkylation sites (N-methyl/N-ethyl adjacent to an activating group) is 1. The van der Waals surface area contributed by atoms with Crippen molar-refractivity contribution >= 4 is 5.96 Å². The minimum absolute atomic E-state index is 0.793. The van der Waals surface area contributed by atoms with Gasteiger partial charge in [-0.3, -0.25) is 4.99 Å². The number of nitrogens with one attached hydrogen (secondary N) is 1. The zero-order valence-electron chi connectivity index (χ0n) is 15.6. The number of hydrogen-bond acceptors (Lipinski definition) is 3. The van der Waals surface area contributed by atoms with Crippen LogP contribution in [0.5, 0.6) is 0 Å². The second-order valence-corrected chi connectivity index (χ2v) is 7.28. The molecule has 5 nitrogen and oxygen atoms in total. The molecule has 0 bridgehead atoms. The van der Waals surface area contributed by atoms with Crippen LogP contribution in [0.4, 0.5) is 0 Å². The minimum Gasteiger partial charge on any atom is -0.357 e.